The van der Waals surface area contributed by atoms with Crippen molar-refractivity contribution in [3.63, 3.8) is 0 Å². The van der Waals surface area contributed by atoms with Crippen LogP contribution in [0.3, 0.4) is 0 Å². The van der Waals surface area contributed by atoms with Crippen LogP contribution in [-0.2, 0) is 5.60 Å². The molecule has 144 valence electrons. The standard InChI is InChI=1S/C22H23ClN4O/c1-15-16(2)25-20(17-6-5-11-24-14-17)26-21(15)27-12-9-22(28,10-13-27)18-7-3-4-8-19(18)23/h3-8,11,14,28H,9-10,12-13H2,1-2H3. The lowest BCUT2D eigenvalue weighted by molar-refractivity contribution is 0.0117. The number of pyridine rings is 1. The van der Waals surface area contributed by atoms with E-state index in [0.717, 1.165) is 28.2 Å². The number of nitrogens with zero attached hydrogens (tertiary/aromatic N) is 4. The normalized spacial score (nSPS) is 16.2. The number of aryl methyl sites for hydroxylation is 1. The van der Waals surface area contributed by atoms with Crippen LogP contribution in [0.25, 0.3) is 11.4 Å². The Hall–Kier alpha value is -2.50. The fourth-order valence-electron chi connectivity index (χ4n) is 3.74. The monoisotopic (exact) mass is 394 g/mol. The number of hydrogen-bond donors (Lipinski definition) is 1. The van der Waals surface area contributed by atoms with Crippen molar-refractivity contribution in [1.82, 2.24) is 15.0 Å². The molecule has 4 rings (SSSR count). The van der Waals surface area contributed by atoms with E-state index < -0.39 is 5.60 Å². The molecular formula is C22H23ClN4O. The summed E-state index contributed by atoms with van der Waals surface area (Å²) < 4.78 is 0. The maximum Gasteiger partial charge on any atom is 0.163 e. The number of halogens is 1. The Morgan fingerprint density at radius 1 is 1.04 bits per heavy atom. The molecule has 0 bridgehead atoms. The van der Waals surface area contributed by atoms with Gasteiger partial charge in [-0.1, -0.05) is 29.8 Å². The minimum Gasteiger partial charge on any atom is -0.385 e. The Balaban J connectivity index is 1.61. The minimum absolute atomic E-state index is 0.599. The highest BCUT2D eigenvalue weighted by molar-refractivity contribution is 6.31. The number of aromatic nitrogens is 3. The van der Waals surface area contributed by atoms with Crippen molar-refractivity contribution in [1.29, 1.82) is 0 Å². The third-order valence-electron chi connectivity index (χ3n) is 5.55. The summed E-state index contributed by atoms with van der Waals surface area (Å²) in [6.45, 7) is 5.45. The fourth-order valence-corrected chi connectivity index (χ4v) is 4.05. The van der Waals surface area contributed by atoms with Gasteiger partial charge in [0.15, 0.2) is 5.82 Å². The summed E-state index contributed by atoms with van der Waals surface area (Å²) in [5.41, 5.74) is 2.82. The van der Waals surface area contributed by atoms with Gasteiger partial charge in [0, 0.05) is 52.9 Å². The van der Waals surface area contributed by atoms with Gasteiger partial charge >= 0.3 is 0 Å². The highest BCUT2D eigenvalue weighted by Gasteiger charge is 2.36. The summed E-state index contributed by atoms with van der Waals surface area (Å²) in [5, 5.41) is 11.8. The third kappa shape index (κ3) is 3.48. The maximum absolute atomic E-state index is 11.2. The average Bonchev–Trinajstić information content (AvgIpc) is 2.72. The predicted molar refractivity (Wildman–Crippen MR) is 112 cm³/mol. The van der Waals surface area contributed by atoms with E-state index in [1.807, 2.05) is 50.2 Å². The zero-order chi connectivity index (χ0) is 19.7. The van der Waals surface area contributed by atoms with E-state index in [1.54, 1.807) is 12.4 Å². The van der Waals surface area contributed by atoms with Crippen molar-refractivity contribution in [2.45, 2.75) is 32.3 Å². The third-order valence-corrected chi connectivity index (χ3v) is 5.88. The second-order valence-electron chi connectivity index (χ2n) is 7.32. The molecule has 28 heavy (non-hydrogen) atoms. The van der Waals surface area contributed by atoms with Gasteiger partial charge in [-0.05, 0) is 44.9 Å². The minimum atomic E-state index is -0.906. The first-order valence-corrected chi connectivity index (χ1v) is 9.84. The smallest absolute Gasteiger partial charge is 0.163 e. The van der Waals surface area contributed by atoms with Gasteiger partial charge in [-0.25, -0.2) is 9.97 Å². The molecule has 0 saturated carbocycles. The zero-order valence-electron chi connectivity index (χ0n) is 16.1. The molecular weight excluding hydrogens is 372 g/mol. The van der Waals surface area contributed by atoms with E-state index in [1.165, 1.54) is 0 Å². The van der Waals surface area contributed by atoms with E-state index in [9.17, 15) is 5.11 Å². The van der Waals surface area contributed by atoms with E-state index >= 15 is 0 Å². The second kappa shape index (κ2) is 7.49. The summed E-state index contributed by atoms with van der Waals surface area (Å²) in [6.07, 6.45) is 4.72. The molecule has 0 atom stereocenters. The van der Waals surface area contributed by atoms with Crippen molar-refractivity contribution >= 4 is 17.4 Å². The second-order valence-corrected chi connectivity index (χ2v) is 7.73. The first-order valence-electron chi connectivity index (χ1n) is 9.46. The van der Waals surface area contributed by atoms with Gasteiger partial charge in [0.1, 0.15) is 5.82 Å². The van der Waals surface area contributed by atoms with Crippen LogP contribution in [0.2, 0.25) is 5.02 Å². The predicted octanol–water partition coefficient (Wildman–Crippen LogP) is 4.30. The first-order chi connectivity index (χ1) is 13.5. The molecule has 3 heterocycles. The topological polar surface area (TPSA) is 62.1 Å². The van der Waals surface area contributed by atoms with Crippen molar-refractivity contribution in [2.75, 3.05) is 18.0 Å². The maximum atomic E-state index is 11.2. The number of rotatable bonds is 3. The quantitative estimate of drug-likeness (QED) is 0.717. The molecule has 0 unspecified atom stereocenters. The lowest BCUT2D eigenvalue weighted by Gasteiger charge is -2.40. The summed E-state index contributed by atoms with van der Waals surface area (Å²) in [7, 11) is 0. The van der Waals surface area contributed by atoms with Crippen molar-refractivity contribution in [2.24, 2.45) is 0 Å². The van der Waals surface area contributed by atoms with E-state index in [4.69, 9.17) is 16.6 Å². The van der Waals surface area contributed by atoms with Gasteiger partial charge in [0.2, 0.25) is 0 Å². The lowest BCUT2D eigenvalue weighted by atomic mass is 9.84. The molecule has 6 heteroatoms. The molecule has 1 aromatic carbocycles. The molecule has 0 amide bonds. The molecule has 3 aromatic rings. The van der Waals surface area contributed by atoms with Crippen molar-refractivity contribution < 1.29 is 5.11 Å². The van der Waals surface area contributed by atoms with Crippen LogP contribution in [0.15, 0.2) is 48.8 Å². The molecule has 0 aliphatic carbocycles. The summed E-state index contributed by atoms with van der Waals surface area (Å²) in [4.78, 5) is 15.9. The largest absolute Gasteiger partial charge is 0.385 e. The Morgan fingerprint density at radius 2 is 1.79 bits per heavy atom. The number of anilines is 1. The van der Waals surface area contributed by atoms with E-state index in [-0.39, 0.29) is 0 Å². The summed E-state index contributed by atoms with van der Waals surface area (Å²) in [6, 6.07) is 11.4. The van der Waals surface area contributed by atoms with Crippen LogP contribution in [0, 0.1) is 13.8 Å². The molecule has 1 aliphatic heterocycles. The van der Waals surface area contributed by atoms with Crippen LogP contribution >= 0.6 is 11.6 Å². The Morgan fingerprint density at radius 3 is 2.46 bits per heavy atom. The molecule has 1 N–H and O–H groups in total. The Kier molecular flexibility index (Phi) is 5.04. The summed E-state index contributed by atoms with van der Waals surface area (Å²) in [5.74, 6) is 1.60. The molecule has 1 fully saturated rings. The van der Waals surface area contributed by atoms with Gasteiger partial charge in [-0.2, -0.15) is 0 Å². The molecule has 2 aromatic heterocycles. The number of benzene rings is 1. The fraction of sp³-hybridized carbons (Fsp3) is 0.318. The van der Waals surface area contributed by atoms with Crippen LogP contribution in [0.5, 0.6) is 0 Å². The van der Waals surface area contributed by atoms with E-state index in [0.29, 0.717) is 36.8 Å². The van der Waals surface area contributed by atoms with Gasteiger partial charge in [0.25, 0.3) is 0 Å². The van der Waals surface area contributed by atoms with Gasteiger partial charge in [-0.3, -0.25) is 4.98 Å². The Bertz CT molecular complexity index is 985. The van der Waals surface area contributed by atoms with Crippen molar-refractivity contribution in [3.8, 4) is 11.4 Å². The highest BCUT2D eigenvalue weighted by atomic mass is 35.5. The first kappa shape index (κ1) is 18.8. The zero-order valence-corrected chi connectivity index (χ0v) is 16.8. The van der Waals surface area contributed by atoms with Crippen LogP contribution in [0.4, 0.5) is 5.82 Å². The molecule has 1 aliphatic rings. The lowest BCUT2D eigenvalue weighted by Crippen LogP contribution is -2.43. The van der Waals surface area contributed by atoms with Gasteiger partial charge in [0.05, 0.1) is 5.60 Å². The molecule has 1 saturated heterocycles. The van der Waals surface area contributed by atoms with Crippen molar-refractivity contribution in [3.05, 3.63) is 70.6 Å². The van der Waals surface area contributed by atoms with Gasteiger partial charge in [-0.15, -0.1) is 0 Å². The van der Waals surface area contributed by atoms with Crippen LogP contribution in [-0.4, -0.2) is 33.1 Å². The van der Waals surface area contributed by atoms with Crippen LogP contribution < -0.4 is 4.90 Å². The molecule has 0 spiro atoms. The number of piperidine rings is 1. The molecule has 0 radical (unpaired) electrons. The number of aliphatic hydroxyl groups is 1. The highest BCUT2D eigenvalue weighted by Crippen LogP contribution is 2.38. The Labute approximate surface area is 170 Å². The SMILES string of the molecule is Cc1nc(-c2cccnc2)nc(N2CCC(O)(c3ccccc3Cl)CC2)c1C. The number of hydrogen-bond acceptors (Lipinski definition) is 5. The van der Waals surface area contributed by atoms with Crippen LogP contribution in [0.1, 0.15) is 29.7 Å². The van der Waals surface area contributed by atoms with E-state index in [2.05, 4.69) is 14.9 Å². The molecule has 5 nitrogen and oxygen atoms in total. The average molecular weight is 395 g/mol. The van der Waals surface area contributed by atoms with Gasteiger partial charge < -0.3 is 10.0 Å². The summed E-state index contributed by atoms with van der Waals surface area (Å²) >= 11 is 6.34.